The van der Waals surface area contributed by atoms with Crippen LogP contribution in [0.15, 0.2) is 35.6 Å². The third kappa shape index (κ3) is 4.28. The molecule has 0 aliphatic carbocycles. The smallest absolute Gasteiger partial charge is 0.261 e. The Morgan fingerprint density at radius 3 is 2.35 bits per heavy atom. The molecule has 0 saturated carbocycles. The molecule has 0 unspecified atom stereocenters. The van der Waals surface area contributed by atoms with Gasteiger partial charge in [0.2, 0.25) is 0 Å². The molecule has 0 amide bonds. The van der Waals surface area contributed by atoms with Crippen molar-refractivity contribution >= 4 is 46.3 Å². The van der Waals surface area contributed by atoms with Gasteiger partial charge in [0.05, 0.1) is 26.3 Å². The van der Waals surface area contributed by atoms with Gasteiger partial charge < -0.3 is 0 Å². The molecule has 1 heterocycles. The first-order chi connectivity index (χ1) is 10.7. The highest BCUT2D eigenvalue weighted by Gasteiger charge is 2.30. The molecule has 3 nitrogen and oxygen atoms in total. The predicted octanol–water partition coefficient (Wildman–Crippen LogP) is 5.90. The van der Waals surface area contributed by atoms with Crippen LogP contribution in [0.25, 0.3) is 0 Å². The molecule has 0 aliphatic heterocycles. The predicted molar refractivity (Wildman–Crippen MR) is 86.5 cm³/mol. The van der Waals surface area contributed by atoms with Gasteiger partial charge in [0.15, 0.2) is 0 Å². The summed E-state index contributed by atoms with van der Waals surface area (Å²) in [6.45, 7) is 1.66. The van der Waals surface area contributed by atoms with Crippen LogP contribution in [0.3, 0.4) is 0 Å². The van der Waals surface area contributed by atoms with Crippen LogP contribution in [0.4, 0.5) is 19.0 Å². The van der Waals surface area contributed by atoms with E-state index in [-0.39, 0.29) is 15.9 Å². The Kier molecular flexibility index (Phi) is 5.39. The number of aromatic nitrogens is 1. The lowest BCUT2D eigenvalue weighted by atomic mass is 10.1. The van der Waals surface area contributed by atoms with Crippen LogP contribution in [0, 0.1) is 0 Å². The van der Waals surface area contributed by atoms with E-state index in [2.05, 4.69) is 15.5 Å². The van der Waals surface area contributed by atoms with Crippen LogP contribution < -0.4 is 5.43 Å². The van der Waals surface area contributed by atoms with Crippen molar-refractivity contribution in [2.45, 2.75) is 13.1 Å². The van der Waals surface area contributed by atoms with Gasteiger partial charge >= 0.3 is 6.18 Å². The molecule has 2 aromatic rings. The first-order valence-corrected chi connectivity index (χ1v) is 7.31. The highest BCUT2D eigenvalue weighted by Crippen LogP contribution is 2.33. The first kappa shape index (κ1) is 17.8. The fourth-order valence-corrected chi connectivity index (χ4v) is 2.31. The van der Waals surface area contributed by atoms with Gasteiger partial charge in [0.25, 0.3) is 0 Å². The van der Waals surface area contributed by atoms with Crippen LogP contribution in [-0.2, 0) is 6.18 Å². The lowest BCUT2D eigenvalue weighted by Crippen LogP contribution is -2.06. The van der Waals surface area contributed by atoms with Gasteiger partial charge in [-0.15, -0.1) is 0 Å². The number of nitrogens with zero attached hydrogens (tertiary/aromatic N) is 2. The summed E-state index contributed by atoms with van der Waals surface area (Å²) in [5.41, 5.74) is 2.73. The molecule has 1 aromatic carbocycles. The van der Waals surface area contributed by atoms with Gasteiger partial charge in [0, 0.05) is 11.8 Å². The summed E-state index contributed by atoms with van der Waals surface area (Å²) in [5.74, 6) is 0.161. The second-order valence-electron chi connectivity index (χ2n) is 4.46. The van der Waals surface area contributed by atoms with Crippen LogP contribution in [0.5, 0.6) is 0 Å². The van der Waals surface area contributed by atoms with E-state index >= 15 is 0 Å². The fraction of sp³-hybridized carbons (Fsp3) is 0.143. The molecule has 0 fully saturated rings. The zero-order valence-corrected chi connectivity index (χ0v) is 13.8. The number of hydrogen-bond acceptors (Lipinski definition) is 3. The fourth-order valence-electron chi connectivity index (χ4n) is 1.63. The quantitative estimate of drug-likeness (QED) is 0.408. The van der Waals surface area contributed by atoms with Crippen molar-refractivity contribution < 1.29 is 13.2 Å². The number of halogens is 6. The van der Waals surface area contributed by atoms with Crippen molar-refractivity contribution in [2.75, 3.05) is 5.43 Å². The molecule has 9 heteroatoms. The van der Waals surface area contributed by atoms with Crippen LogP contribution >= 0.6 is 34.8 Å². The number of hydrogen-bond donors (Lipinski definition) is 1. The Balaban J connectivity index is 2.18. The van der Waals surface area contributed by atoms with Crippen molar-refractivity contribution in [1.29, 1.82) is 0 Å². The maximum atomic E-state index is 12.4. The van der Waals surface area contributed by atoms with Crippen molar-refractivity contribution in [3.05, 3.63) is 56.7 Å². The van der Waals surface area contributed by atoms with Crippen LogP contribution in [0.2, 0.25) is 15.1 Å². The zero-order chi connectivity index (χ0) is 17.2. The summed E-state index contributed by atoms with van der Waals surface area (Å²) < 4.78 is 37.3. The third-order valence-electron chi connectivity index (χ3n) is 2.85. The van der Waals surface area contributed by atoms with E-state index in [9.17, 15) is 13.2 Å². The average molecular weight is 383 g/mol. The average Bonchev–Trinajstić information content (AvgIpc) is 2.50. The number of alkyl halides is 3. The second kappa shape index (κ2) is 6.95. The molecule has 0 saturated heterocycles. The van der Waals surface area contributed by atoms with Gasteiger partial charge in [-0.05, 0) is 25.1 Å². The van der Waals surface area contributed by atoms with Gasteiger partial charge in [0.1, 0.15) is 5.82 Å². The van der Waals surface area contributed by atoms with Crippen molar-refractivity contribution in [3.63, 3.8) is 0 Å². The van der Waals surface area contributed by atoms with Crippen molar-refractivity contribution in [2.24, 2.45) is 5.10 Å². The maximum absolute atomic E-state index is 12.4. The molecule has 23 heavy (non-hydrogen) atoms. The van der Waals surface area contributed by atoms with E-state index in [0.29, 0.717) is 16.3 Å². The van der Waals surface area contributed by atoms with E-state index < -0.39 is 11.7 Å². The molecule has 0 spiro atoms. The summed E-state index contributed by atoms with van der Waals surface area (Å²) in [6.07, 6.45) is -3.71. The Labute approximate surface area is 145 Å². The number of anilines is 1. The summed E-state index contributed by atoms with van der Waals surface area (Å²) in [5, 5.41) is 4.78. The number of nitrogens with one attached hydrogen (secondary N) is 1. The topological polar surface area (TPSA) is 37.3 Å². The molecular formula is C14H9Cl3F3N3. The molecule has 1 aromatic heterocycles. The molecular weight excluding hydrogens is 374 g/mol. The molecule has 122 valence electrons. The highest BCUT2D eigenvalue weighted by molar-refractivity contribution is 6.49. The Morgan fingerprint density at radius 1 is 1.09 bits per heavy atom. The van der Waals surface area contributed by atoms with E-state index in [1.54, 1.807) is 19.1 Å². The van der Waals surface area contributed by atoms with Gasteiger partial charge in [-0.2, -0.15) is 18.3 Å². The largest absolute Gasteiger partial charge is 0.417 e. The van der Waals surface area contributed by atoms with E-state index in [1.165, 1.54) is 6.07 Å². The minimum atomic E-state index is -4.43. The van der Waals surface area contributed by atoms with E-state index in [0.717, 1.165) is 12.3 Å². The minimum Gasteiger partial charge on any atom is -0.261 e. The lowest BCUT2D eigenvalue weighted by molar-refractivity contribution is -0.137. The molecule has 0 aliphatic rings. The Bertz CT molecular complexity index is 743. The summed E-state index contributed by atoms with van der Waals surface area (Å²) >= 11 is 17.9. The van der Waals surface area contributed by atoms with Gasteiger partial charge in [-0.1, -0.05) is 40.9 Å². The first-order valence-electron chi connectivity index (χ1n) is 6.17. The van der Waals surface area contributed by atoms with Crippen LogP contribution in [0.1, 0.15) is 18.1 Å². The maximum Gasteiger partial charge on any atom is 0.417 e. The van der Waals surface area contributed by atoms with E-state index in [4.69, 9.17) is 34.8 Å². The second-order valence-corrected chi connectivity index (χ2v) is 5.62. The number of hydrazone groups is 1. The molecule has 0 atom stereocenters. The monoisotopic (exact) mass is 381 g/mol. The standard InChI is InChI=1S/C14H9Cl3F3N3/c1-7(9-3-4-10(15)13(17)12(9)16)22-23-11-5-2-8(6-21-11)14(18,19)20/h2-6H,1H3,(H,21,23)/b22-7-. The lowest BCUT2D eigenvalue weighted by Gasteiger charge is -2.08. The number of benzene rings is 1. The van der Waals surface area contributed by atoms with Gasteiger partial charge in [-0.3, -0.25) is 5.43 Å². The number of pyridine rings is 1. The summed E-state index contributed by atoms with van der Waals surface area (Å²) in [7, 11) is 0. The molecule has 0 bridgehead atoms. The minimum absolute atomic E-state index is 0.161. The molecule has 2 rings (SSSR count). The Hall–Kier alpha value is -1.50. The number of rotatable bonds is 3. The molecule has 0 radical (unpaired) electrons. The van der Waals surface area contributed by atoms with E-state index in [1.807, 2.05) is 0 Å². The molecule has 1 N–H and O–H groups in total. The third-order valence-corrected chi connectivity index (χ3v) is 4.15. The van der Waals surface area contributed by atoms with Crippen molar-refractivity contribution in [1.82, 2.24) is 4.98 Å². The van der Waals surface area contributed by atoms with Crippen molar-refractivity contribution in [3.8, 4) is 0 Å². The van der Waals surface area contributed by atoms with Gasteiger partial charge in [-0.25, -0.2) is 4.98 Å². The summed E-state index contributed by atoms with van der Waals surface area (Å²) in [6, 6.07) is 5.29. The normalized spacial score (nSPS) is 12.4. The Morgan fingerprint density at radius 2 is 1.78 bits per heavy atom. The zero-order valence-electron chi connectivity index (χ0n) is 11.5. The SMILES string of the molecule is C/C(=N/Nc1ccc(C(F)(F)F)cn1)c1ccc(Cl)c(Cl)c1Cl. The van der Waals surface area contributed by atoms with Crippen LogP contribution in [-0.4, -0.2) is 10.7 Å². The highest BCUT2D eigenvalue weighted by atomic mass is 35.5. The summed E-state index contributed by atoms with van der Waals surface area (Å²) in [4.78, 5) is 3.65.